The fraction of sp³-hybridized carbons (Fsp3) is 0.889. The molecule has 0 bridgehead atoms. The van der Waals surface area contributed by atoms with E-state index in [1.165, 1.54) is 0 Å². The smallest absolute Gasteiger partial charge is 0.237 e. The molecule has 1 atom stereocenters. The fourth-order valence-corrected chi connectivity index (χ4v) is 3.77. The SMILES string of the molecule is CNC(=O)[C@@H]1CCCN1CC1CCN(C(=O)CC(C)(C)C)CC1. The molecule has 0 aromatic heterocycles. The number of piperidine rings is 1. The van der Waals surface area contributed by atoms with Gasteiger partial charge in [0.15, 0.2) is 0 Å². The predicted molar refractivity (Wildman–Crippen MR) is 92.0 cm³/mol. The number of carbonyl (C=O) groups excluding carboxylic acids is 2. The van der Waals surface area contributed by atoms with Gasteiger partial charge in [-0.3, -0.25) is 14.5 Å². The summed E-state index contributed by atoms with van der Waals surface area (Å²) in [5.41, 5.74) is 0.0597. The van der Waals surface area contributed by atoms with Crippen molar-refractivity contribution >= 4 is 11.8 Å². The van der Waals surface area contributed by atoms with Crippen LogP contribution in [0.15, 0.2) is 0 Å². The van der Waals surface area contributed by atoms with Crippen molar-refractivity contribution in [1.82, 2.24) is 15.1 Å². The van der Waals surface area contributed by atoms with Crippen molar-refractivity contribution in [3.63, 3.8) is 0 Å². The Hall–Kier alpha value is -1.10. The Bertz CT molecular complexity index is 422. The first-order chi connectivity index (χ1) is 10.8. The van der Waals surface area contributed by atoms with Gasteiger partial charge in [0, 0.05) is 33.1 Å². The molecule has 23 heavy (non-hydrogen) atoms. The highest BCUT2D eigenvalue weighted by Crippen LogP contribution is 2.26. The summed E-state index contributed by atoms with van der Waals surface area (Å²) in [6, 6.07) is 0.0561. The van der Waals surface area contributed by atoms with Crippen LogP contribution in [0.3, 0.4) is 0 Å². The normalized spacial score (nSPS) is 24.0. The number of rotatable bonds is 4. The summed E-state index contributed by atoms with van der Waals surface area (Å²) >= 11 is 0. The van der Waals surface area contributed by atoms with Crippen molar-refractivity contribution in [3.8, 4) is 0 Å². The largest absolute Gasteiger partial charge is 0.358 e. The maximum absolute atomic E-state index is 12.3. The molecule has 0 aromatic carbocycles. The van der Waals surface area contributed by atoms with E-state index in [9.17, 15) is 9.59 Å². The molecule has 5 nitrogen and oxygen atoms in total. The maximum Gasteiger partial charge on any atom is 0.237 e. The number of nitrogens with zero attached hydrogens (tertiary/aromatic N) is 2. The number of amides is 2. The second-order valence-electron chi connectivity index (χ2n) is 8.33. The molecule has 2 amide bonds. The molecule has 2 saturated heterocycles. The molecule has 0 aliphatic carbocycles. The molecule has 0 saturated carbocycles. The highest BCUT2D eigenvalue weighted by molar-refractivity contribution is 5.81. The molecular weight excluding hydrogens is 290 g/mol. The molecule has 2 aliphatic rings. The van der Waals surface area contributed by atoms with Crippen LogP contribution in [0, 0.1) is 11.3 Å². The number of carbonyl (C=O) groups is 2. The zero-order valence-electron chi connectivity index (χ0n) is 15.2. The third-order valence-electron chi connectivity index (χ3n) is 5.05. The van der Waals surface area contributed by atoms with E-state index in [1.54, 1.807) is 7.05 Å². The number of hydrogen-bond acceptors (Lipinski definition) is 3. The topological polar surface area (TPSA) is 52.7 Å². The lowest BCUT2D eigenvalue weighted by molar-refractivity contribution is -0.134. The molecule has 2 heterocycles. The number of likely N-dealkylation sites (N-methyl/N-ethyl adjacent to an activating group) is 1. The van der Waals surface area contributed by atoms with Gasteiger partial charge in [-0.25, -0.2) is 0 Å². The lowest BCUT2D eigenvalue weighted by atomic mass is 9.90. The summed E-state index contributed by atoms with van der Waals surface area (Å²) < 4.78 is 0. The van der Waals surface area contributed by atoms with E-state index in [2.05, 4.69) is 31.0 Å². The average Bonchev–Trinajstić information content (AvgIpc) is 2.93. The quantitative estimate of drug-likeness (QED) is 0.859. The molecule has 2 aliphatic heterocycles. The Labute approximate surface area is 140 Å². The van der Waals surface area contributed by atoms with Crippen LogP contribution in [0.1, 0.15) is 52.9 Å². The van der Waals surface area contributed by atoms with E-state index in [0.29, 0.717) is 18.2 Å². The van der Waals surface area contributed by atoms with Crippen molar-refractivity contribution in [2.24, 2.45) is 11.3 Å². The van der Waals surface area contributed by atoms with Crippen LogP contribution in [-0.2, 0) is 9.59 Å². The summed E-state index contributed by atoms with van der Waals surface area (Å²) in [6.07, 6.45) is 4.84. The van der Waals surface area contributed by atoms with Crippen LogP contribution in [-0.4, -0.2) is 60.9 Å². The monoisotopic (exact) mass is 323 g/mol. The van der Waals surface area contributed by atoms with Crippen LogP contribution in [0.25, 0.3) is 0 Å². The van der Waals surface area contributed by atoms with Crippen LogP contribution in [0.2, 0.25) is 0 Å². The minimum Gasteiger partial charge on any atom is -0.358 e. The molecule has 0 radical (unpaired) electrons. The molecular formula is C18H33N3O2. The summed E-state index contributed by atoms with van der Waals surface area (Å²) in [4.78, 5) is 28.6. The van der Waals surface area contributed by atoms with E-state index in [4.69, 9.17) is 0 Å². The molecule has 2 rings (SSSR count). The van der Waals surface area contributed by atoms with E-state index in [-0.39, 0.29) is 17.4 Å². The second-order valence-corrected chi connectivity index (χ2v) is 8.33. The first-order valence-corrected chi connectivity index (χ1v) is 9.03. The highest BCUT2D eigenvalue weighted by Gasteiger charge is 2.33. The molecule has 5 heteroatoms. The van der Waals surface area contributed by atoms with Crippen LogP contribution < -0.4 is 5.32 Å². The van der Waals surface area contributed by atoms with Crippen molar-refractivity contribution in [3.05, 3.63) is 0 Å². The summed E-state index contributed by atoms with van der Waals surface area (Å²) in [5.74, 6) is 1.06. The molecule has 1 N–H and O–H groups in total. The summed E-state index contributed by atoms with van der Waals surface area (Å²) in [7, 11) is 1.72. The van der Waals surface area contributed by atoms with Crippen LogP contribution >= 0.6 is 0 Å². The number of nitrogens with one attached hydrogen (secondary N) is 1. The third kappa shape index (κ3) is 5.20. The predicted octanol–water partition coefficient (Wildman–Crippen LogP) is 1.87. The van der Waals surface area contributed by atoms with E-state index >= 15 is 0 Å². The Morgan fingerprint density at radius 2 is 1.74 bits per heavy atom. The molecule has 0 unspecified atom stereocenters. The van der Waals surface area contributed by atoms with E-state index in [1.807, 2.05) is 4.90 Å². The second kappa shape index (κ2) is 7.65. The lowest BCUT2D eigenvalue weighted by Crippen LogP contribution is -2.46. The first-order valence-electron chi connectivity index (χ1n) is 9.03. The van der Waals surface area contributed by atoms with Gasteiger partial charge in [0.25, 0.3) is 0 Å². The fourth-order valence-electron chi connectivity index (χ4n) is 3.77. The van der Waals surface area contributed by atoms with Crippen molar-refractivity contribution in [2.45, 2.75) is 58.9 Å². The standard InChI is InChI=1S/C18H33N3O2/c1-18(2,3)12-16(22)20-10-7-14(8-11-20)13-21-9-5-6-15(21)17(23)19-4/h14-15H,5-13H2,1-4H3,(H,19,23)/t15-/m0/s1. The van der Waals surface area contributed by atoms with Gasteiger partial charge in [-0.1, -0.05) is 20.8 Å². The molecule has 0 spiro atoms. The highest BCUT2D eigenvalue weighted by atomic mass is 16.2. The molecule has 0 aromatic rings. The Balaban J connectivity index is 1.78. The van der Waals surface area contributed by atoms with Gasteiger partial charge in [0.05, 0.1) is 6.04 Å². The van der Waals surface area contributed by atoms with Gasteiger partial charge < -0.3 is 10.2 Å². The van der Waals surface area contributed by atoms with Gasteiger partial charge in [-0.2, -0.15) is 0 Å². The Kier molecular flexibility index (Phi) is 6.06. The first kappa shape index (κ1) is 18.2. The zero-order valence-corrected chi connectivity index (χ0v) is 15.2. The van der Waals surface area contributed by atoms with E-state index < -0.39 is 0 Å². The van der Waals surface area contributed by atoms with Crippen molar-refractivity contribution in [2.75, 3.05) is 33.2 Å². The summed E-state index contributed by atoms with van der Waals surface area (Å²) in [6.45, 7) is 10.1. The Morgan fingerprint density at radius 3 is 2.30 bits per heavy atom. The number of likely N-dealkylation sites (tertiary alicyclic amines) is 2. The lowest BCUT2D eigenvalue weighted by Gasteiger charge is -2.36. The maximum atomic E-state index is 12.3. The van der Waals surface area contributed by atoms with Crippen LogP contribution in [0.5, 0.6) is 0 Å². The molecule has 2 fully saturated rings. The van der Waals surface area contributed by atoms with E-state index in [0.717, 1.165) is 51.9 Å². The summed E-state index contributed by atoms with van der Waals surface area (Å²) in [5, 5.41) is 2.78. The Morgan fingerprint density at radius 1 is 1.09 bits per heavy atom. The minimum absolute atomic E-state index is 0.0561. The van der Waals surface area contributed by atoms with Gasteiger partial charge >= 0.3 is 0 Å². The van der Waals surface area contributed by atoms with Gasteiger partial charge in [0.1, 0.15) is 0 Å². The van der Waals surface area contributed by atoms with Gasteiger partial charge in [-0.15, -0.1) is 0 Å². The van der Waals surface area contributed by atoms with Crippen molar-refractivity contribution < 1.29 is 9.59 Å². The minimum atomic E-state index is 0.0561. The zero-order chi connectivity index (χ0) is 17.0. The van der Waals surface area contributed by atoms with Gasteiger partial charge in [0.2, 0.25) is 11.8 Å². The average molecular weight is 323 g/mol. The molecule has 132 valence electrons. The number of hydrogen-bond donors (Lipinski definition) is 1. The van der Waals surface area contributed by atoms with Gasteiger partial charge in [-0.05, 0) is 43.6 Å². The van der Waals surface area contributed by atoms with Crippen LogP contribution in [0.4, 0.5) is 0 Å². The third-order valence-corrected chi connectivity index (χ3v) is 5.05. The van der Waals surface area contributed by atoms with Crippen molar-refractivity contribution in [1.29, 1.82) is 0 Å².